The van der Waals surface area contributed by atoms with Gasteiger partial charge in [0.05, 0.1) is 0 Å². The minimum atomic E-state index is 0.365. The average Bonchev–Trinajstić information content (AvgIpc) is 2.39. The van der Waals surface area contributed by atoms with Crippen LogP contribution in [0.5, 0.6) is 0 Å². The summed E-state index contributed by atoms with van der Waals surface area (Å²) in [5.41, 5.74) is 7.13. The van der Waals surface area contributed by atoms with Crippen molar-refractivity contribution >= 4 is 11.6 Å². The molecule has 2 N–H and O–H groups in total. The number of rotatable bonds is 4. The van der Waals surface area contributed by atoms with E-state index in [1.54, 1.807) is 6.33 Å². The Morgan fingerprint density at radius 3 is 2.58 bits per heavy atom. The predicted molar refractivity (Wildman–Crippen MR) is 80.4 cm³/mol. The Labute approximate surface area is 116 Å². The van der Waals surface area contributed by atoms with Crippen LogP contribution in [0.4, 0.5) is 11.6 Å². The highest BCUT2D eigenvalue weighted by Crippen LogP contribution is 2.32. The van der Waals surface area contributed by atoms with E-state index in [2.05, 4.69) is 35.6 Å². The van der Waals surface area contributed by atoms with Gasteiger partial charge in [-0.25, -0.2) is 9.97 Å². The van der Waals surface area contributed by atoms with Crippen LogP contribution in [0.1, 0.15) is 57.9 Å². The summed E-state index contributed by atoms with van der Waals surface area (Å²) in [5, 5.41) is 0. The molecule has 0 radical (unpaired) electrons. The molecule has 0 aliphatic carbocycles. The van der Waals surface area contributed by atoms with Gasteiger partial charge >= 0.3 is 0 Å². The smallest absolute Gasteiger partial charge is 0.137 e. The molecular formula is C15H26N4. The Hall–Kier alpha value is -1.32. The van der Waals surface area contributed by atoms with Gasteiger partial charge in [-0.15, -0.1) is 0 Å². The lowest BCUT2D eigenvalue weighted by molar-refractivity contribution is 0.377. The van der Waals surface area contributed by atoms with Crippen molar-refractivity contribution in [3.05, 3.63) is 11.9 Å². The van der Waals surface area contributed by atoms with Crippen molar-refractivity contribution in [1.29, 1.82) is 0 Å². The number of hydrogen-bond donors (Lipinski definition) is 1. The van der Waals surface area contributed by atoms with Crippen molar-refractivity contribution in [3.63, 3.8) is 0 Å². The lowest BCUT2D eigenvalue weighted by Crippen LogP contribution is -2.35. The van der Waals surface area contributed by atoms with Gasteiger partial charge < -0.3 is 10.6 Å². The van der Waals surface area contributed by atoms with E-state index in [1.807, 2.05) is 0 Å². The van der Waals surface area contributed by atoms with Crippen LogP contribution >= 0.6 is 0 Å². The molecule has 0 spiro atoms. The lowest BCUT2D eigenvalue weighted by atomic mass is 9.92. The summed E-state index contributed by atoms with van der Waals surface area (Å²) < 4.78 is 0. The monoisotopic (exact) mass is 262 g/mol. The van der Waals surface area contributed by atoms with Crippen LogP contribution in [-0.4, -0.2) is 23.1 Å². The third-order valence-electron chi connectivity index (χ3n) is 4.08. The van der Waals surface area contributed by atoms with Crippen molar-refractivity contribution in [3.8, 4) is 0 Å². The van der Waals surface area contributed by atoms with Gasteiger partial charge in [0.1, 0.15) is 18.0 Å². The predicted octanol–water partition coefficient (Wildman–Crippen LogP) is 3.20. The summed E-state index contributed by atoms with van der Waals surface area (Å²) in [6, 6.07) is 0. The van der Waals surface area contributed by atoms with E-state index in [1.165, 1.54) is 25.7 Å². The van der Waals surface area contributed by atoms with Gasteiger partial charge in [-0.05, 0) is 24.7 Å². The number of hydrogen-bond acceptors (Lipinski definition) is 4. The molecule has 19 heavy (non-hydrogen) atoms. The molecule has 2 rings (SSSR count). The van der Waals surface area contributed by atoms with Gasteiger partial charge in [-0.2, -0.15) is 0 Å². The maximum Gasteiger partial charge on any atom is 0.137 e. The molecule has 1 aliphatic heterocycles. The summed E-state index contributed by atoms with van der Waals surface area (Å²) in [6.07, 6.45) is 6.79. The minimum absolute atomic E-state index is 0.365. The molecule has 0 amide bonds. The number of aromatic nitrogens is 2. The topological polar surface area (TPSA) is 55.0 Å². The highest BCUT2D eigenvalue weighted by Gasteiger charge is 2.23. The van der Waals surface area contributed by atoms with E-state index in [0.29, 0.717) is 11.7 Å². The Balaban J connectivity index is 2.13. The van der Waals surface area contributed by atoms with E-state index in [0.717, 1.165) is 30.4 Å². The van der Waals surface area contributed by atoms with Crippen LogP contribution in [0.2, 0.25) is 0 Å². The molecule has 0 bridgehead atoms. The van der Waals surface area contributed by atoms with E-state index in [4.69, 9.17) is 5.73 Å². The van der Waals surface area contributed by atoms with Gasteiger partial charge in [0.15, 0.2) is 0 Å². The van der Waals surface area contributed by atoms with Gasteiger partial charge in [0, 0.05) is 18.7 Å². The molecule has 0 saturated carbocycles. The second-order valence-electron chi connectivity index (χ2n) is 5.87. The van der Waals surface area contributed by atoms with Crippen LogP contribution in [0.15, 0.2) is 6.33 Å². The van der Waals surface area contributed by atoms with E-state index >= 15 is 0 Å². The average molecular weight is 262 g/mol. The first-order chi connectivity index (χ1) is 9.13. The molecule has 1 aromatic rings. The van der Waals surface area contributed by atoms with E-state index in [-0.39, 0.29) is 0 Å². The van der Waals surface area contributed by atoms with Gasteiger partial charge in [-0.3, -0.25) is 0 Å². The van der Waals surface area contributed by atoms with Gasteiger partial charge in [0.2, 0.25) is 0 Å². The van der Waals surface area contributed by atoms with Crippen molar-refractivity contribution in [2.24, 2.45) is 5.92 Å². The van der Waals surface area contributed by atoms with Crippen molar-refractivity contribution < 1.29 is 0 Å². The number of nitrogens with zero attached hydrogens (tertiary/aromatic N) is 3. The maximum absolute atomic E-state index is 6.03. The van der Waals surface area contributed by atoms with E-state index in [9.17, 15) is 0 Å². The summed E-state index contributed by atoms with van der Waals surface area (Å²) in [4.78, 5) is 11.0. The lowest BCUT2D eigenvalue weighted by Gasteiger charge is -2.34. The summed E-state index contributed by atoms with van der Waals surface area (Å²) >= 11 is 0. The number of nitrogen functional groups attached to an aromatic ring is 1. The SMILES string of the molecule is CCCC1CCN(c2ncnc(N)c2C(C)C)CC1. The third kappa shape index (κ3) is 3.17. The fraction of sp³-hybridized carbons (Fsp3) is 0.733. The quantitative estimate of drug-likeness (QED) is 0.905. The summed E-state index contributed by atoms with van der Waals surface area (Å²) in [5.74, 6) is 2.95. The zero-order valence-corrected chi connectivity index (χ0v) is 12.4. The Bertz CT molecular complexity index is 409. The number of piperidine rings is 1. The Kier molecular flexibility index (Phi) is 4.61. The summed E-state index contributed by atoms with van der Waals surface area (Å²) in [6.45, 7) is 8.78. The number of nitrogens with two attached hydrogens (primary N) is 1. The highest BCUT2D eigenvalue weighted by atomic mass is 15.2. The molecule has 1 fully saturated rings. The fourth-order valence-corrected chi connectivity index (χ4v) is 3.05. The minimum Gasteiger partial charge on any atom is -0.383 e. The zero-order valence-electron chi connectivity index (χ0n) is 12.4. The van der Waals surface area contributed by atoms with Crippen LogP contribution in [0.3, 0.4) is 0 Å². The maximum atomic E-state index is 6.03. The van der Waals surface area contributed by atoms with Gasteiger partial charge in [-0.1, -0.05) is 33.6 Å². The van der Waals surface area contributed by atoms with Crippen LogP contribution in [0.25, 0.3) is 0 Å². The van der Waals surface area contributed by atoms with Crippen molar-refractivity contribution in [1.82, 2.24) is 9.97 Å². The number of anilines is 2. The van der Waals surface area contributed by atoms with Crippen molar-refractivity contribution in [2.75, 3.05) is 23.7 Å². The summed E-state index contributed by atoms with van der Waals surface area (Å²) in [7, 11) is 0. The first kappa shape index (κ1) is 14.1. The first-order valence-electron chi connectivity index (χ1n) is 7.48. The fourth-order valence-electron chi connectivity index (χ4n) is 3.05. The largest absolute Gasteiger partial charge is 0.383 e. The first-order valence-corrected chi connectivity index (χ1v) is 7.48. The normalized spacial score (nSPS) is 17.2. The van der Waals surface area contributed by atoms with Crippen LogP contribution < -0.4 is 10.6 Å². The molecule has 1 saturated heterocycles. The third-order valence-corrected chi connectivity index (χ3v) is 4.08. The van der Waals surface area contributed by atoms with Gasteiger partial charge in [0.25, 0.3) is 0 Å². The Morgan fingerprint density at radius 1 is 1.32 bits per heavy atom. The Morgan fingerprint density at radius 2 is 2.00 bits per heavy atom. The molecule has 2 heterocycles. The zero-order chi connectivity index (χ0) is 13.8. The molecule has 1 aromatic heterocycles. The molecule has 4 heteroatoms. The standard InChI is InChI=1S/C15H26N4/c1-4-5-12-6-8-19(9-7-12)15-13(11(2)3)14(16)17-10-18-15/h10-12H,4-9H2,1-3H3,(H2,16,17,18). The second kappa shape index (κ2) is 6.22. The second-order valence-corrected chi connectivity index (χ2v) is 5.87. The van der Waals surface area contributed by atoms with Crippen LogP contribution in [0, 0.1) is 5.92 Å². The molecule has 106 valence electrons. The molecule has 0 atom stereocenters. The van der Waals surface area contributed by atoms with Crippen LogP contribution in [-0.2, 0) is 0 Å². The highest BCUT2D eigenvalue weighted by molar-refractivity contribution is 5.58. The molecule has 1 aliphatic rings. The van der Waals surface area contributed by atoms with Crippen molar-refractivity contribution in [2.45, 2.75) is 52.4 Å². The molecular weight excluding hydrogens is 236 g/mol. The molecule has 0 aromatic carbocycles. The van der Waals surface area contributed by atoms with E-state index < -0.39 is 0 Å². The molecule has 0 unspecified atom stereocenters. The molecule has 4 nitrogen and oxygen atoms in total.